The summed E-state index contributed by atoms with van der Waals surface area (Å²) in [7, 11) is -3.62. The maximum atomic E-state index is 13.2. The molecule has 0 saturated carbocycles. The third kappa shape index (κ3) is 4.05. The Labute approximate surface area is 190 Å². The predicted octanol–water partition coefficient (Wildman–Crippen LogP) is 4.30. The molecule has 3 heterocycles. The van der Waals surface area contributed by atoms with Crippen molar-refractivity contribution in [1.29, 1.82) is 0 Å². The summed E-state index contributed by atoms with van der Waals surface area (Å²) in [5.41, 5.74) is 1.97. The minimum atomic E-state index is -3.62. The molecule has 2 aliphatic heterocycles. The molecule has 9 heteroatoms. The molecule has 166 valence electrons. The number of ether oxygens (including phenoxy) is 2. The molecule has 32 heavy (non-hydrogen) atoms. The molecular weight excluding hydrogens is 448 g/mol. The van der Waals surface area contributed by atoms with Gasteiger partial charge in [0.05, 0.1) is 6.04 Å². The zero-order chi connectivity index (χ0) is 22.1. The third-order valence-electron chi connectivity index (χ3n) is 5.61. The average molecular weight is 471 g/mol. The van der Waals surface area contributed by atoms with E-state index in [4.69, 9.17) is 9.47 Å². The van der Waals surface area contributed by atoms with Gasteiger partial charge < -0.3 is 14.4 Å². The van der Waals surface area contributed by atoms with Crippen molar-refractivity contribution in [2.45, 2.75) is 23.1 Å². The lowest BCUT2D eigenvalue weighted by atomic mass is 10.0. The summed E-state index contributed by atoms with van der Waals surface area (Å²) < 4.78 is 38.9. The number of nitrogens with zero attached hydrogens (tertiary/aromatic N) is 1. The van der Waals surface area contributed by atoms with Crippen LogP contribution in [0.3, 0.4) is 0 Å². The van der Waals surface area contributed by atoms with Crippen molar-refractivity contribution in [3.05, 3.63) is 71.1 Å². The molecule has 1 aromatic heterocycles. The van der Waals surface area contributed by atoms with E-state index in [1.807, 2.05) is 23.1 Å². The number of carbonyl (C=O) groups excluding carboxylic acids is 1. The van der Waals surface area contributed by atoms with Gasteiger partial charge in [-0.15, -0.1) is 11.3 Å². The van der Waals surface area contributed by atoms with E-state index >= 15 is 0 Å². The van der Waals surface area contributed by atoms with Crippen molar-refractivity contribution >= 4 is 33.0 Å². The quantitative estimate of drug-likeness (QED) is 0.601. The molecule has 7 nitrogen and oxygen atoms in total. The highest BCUT2D eigenvalue weighted by Crippen LogP contribution is 2.38. The Kier molecular flexibility index (Phi) is 5.52. The van der Waals surface area contributed by atoms with E-state index in [0.717, 1.165) is 41.2 Å². The Morgan fingerprint density at radius 2 is 1.81 bits per heavy atom. The lowest BCUT2D eigenvalue weighted by molar-refractivity contribution is 0.0735. The first-order chi connectivity index (χ1) is 15.5. The van der Waals surface area contributed by atoms with E-state index in [2.05, 4.69) is 4.72 Å². The van der Waals surface area contributed by atoms with Crippen molar-refractivity contribution in [1.82, 2.24) is 4.90 Å². The Balaban J connectivity index is 1.32. The van der Waals surface area contributed by atoms with E-state index in [9.17, 15) is 13.2 Å². The van der Waals surface area contributed by atoms with E-state index in [1.165, 1.54) is 0 Å². The number of nitrogens with one attached hydrogen (secondary N) is 1. The molecule has 0 bridgehead atoms. The molecule has 2 aliphatic rings. The number of rotatable bonds is 5. The van der Waals surface area contributed by atoms with Crippen molar-refractivity contribution in [3.8, 4) is 11.5 Å². The van der Waals surface area contributed by atoms with Crippen LogP contribution in [-0.4, -0.2) is 39.0 Å². The van der Waals surface area contributed by atoms with Crippen molar-refractivity contribution < 1.29 is 22.7 Å². The lowest BCUT2D eigenvalue weighted by Gasteiger charge is -2.27. The van der Waals surface area contributed by atoms with Crippen LogP contribution in [0.1, 0.15) is 34.8 Å². The first kappa shape index (κ1) is 20.8. The van der Waals surface area contributed by atoms with Crippen molar-refractivity contribution in [2.75, 3.05) is 24.5 Å². The lowest BCUT2D eigenvalue weighted by Crippen LogP contribution is -2.30. The number of likely N-dealkylation sites (tertiary alicyclic amines) is 1. The molecule has 5 rings (SSSR count). The molecule has 1 saturated heterocycles. The van der Waals surface area contributed by atoms with Crippen LogP contribution >= 0.6 is 11.3 Å². The summed E-state index contributed by atoms with van der Waals surface area (Å²) in [5.74, 6) is 1.38. The van der Waals surface area contributed by atoms with Gasteiger partial charge in [-0.25, -0.2) is 8.42 Å². The molecular formula is C23H22N2O5S2. The zero-order valence-electron chi connectivity index (χ0n) is 17.2. The molecule has 1 unspecified atom stereocenters. The van der Waals surface area contributed by atoms with Crippen LogP contribution in [0.25, 0.3) is 0 Å². The highest BCUT2D eigenvalue weighted by atomic mass is 32.2. The number of carbonyl (C=O) groups is 1. The first-order valence-electron chi connectivity index (χ1n) is 10.4. The highest BCUT2D eigenvalue weighted by molar-refractivity contribution is 7.94. The first-order valence-corrected chi connectivity index (χ1v) is 12.7. The third-order valence-corrected chi connectivity index (χ3v) is 8.39. The number of hydrogen-bond acceptors (Lipinski definition) is 6. The molecule has 1 fully saturated rings. The summed E-state index contributed by atoms with van der Waals surface area (Å²) >= 11 is 1.15. The van der Waals surface area contributed by atoms with Gasteiger partial charge in [-0.2, -0.15) is 0 Å². The summed E-state index contributed by atoms with van der Waals surface area (Å²) in [4.78, 5) is 15.1. The van der Waals surface area contributed by atoms with E-state index in [-0.39, 0.29) is 16.2 Å². The predicted molar refractivity (Wildman–Crippen MR) is 122 cm³/mol. The monoisotopic (exact) mass is 470 g/mol. The number of anilines is 1. The maximum Gasteiger partial charge on any atom is 0.271 e. The smallest absolute Gasteiger partial charge is 0.271 e. The number of sulfonamides is 1. The van der Waals surface area contributed by atoms with Crippen molar-refractivity contribution in [3.63, 3.8) is 0 Å². The van der Waals surface area contributed by atoms with Crippen LogP contribution in [0.15, 0.2) is 64.2 Å². The fourth-order valence-corrected chi connectivity index (χ4v) is 6.14. The number of amides is 1. The average Bonchev–Trinajstić information content (AvgIpc) is 3.51. The molecule has 0 aliphatic carbocycles. The molecule has 1 atom stereocenters. The van der Waals surface area contributed by atoms with E-state index in [1.54, 1.807) is 41.8 Å². The van der Waals surface area contributed by atoms with Crippen LogP contribution in [-0.2, 0) is 10.0 Å². The fourth-order valence-electron chi connectivity index (χ4n) is 4.09. The molecule has 1 N–H and O–H groups in total. The fraction of sp³-hybridized carbons (Fsp3) is 0.261. The van der Waals surface area contributed by atoms with Gasteiger partial charge in [-0.05, 0) is 66.2 Å². The number of fused-ring (bicyclic) bond motifs is 1. The Morgan fingerprint density at radius 3 is 2.56 bits per heavy atom. The van der Waals surface area contributed by atoms with Gasteiger partial charge in [0.15, 0.2) is 11.5 Å². The van der Waals surface area contributed by atoms with Gasteiger partial charge in [-0.3, -0.25) is 9.52 Å². The Morgan fingerprint density at radius 1 is 1.03 bits per heavy atom. The Bertz CT molecular complexity index is 1220. The van der Waals surface area contributed by atoms with Crippen LogP contribution in [0.4, 0.5) is 5.69 Å². The number of thiophene rings is 1. The molecule has 3 aromatic rings. The molecule has 0 radical (unpaired) electrons. The molecule has 2 aromatic carbocycles. The normalized spacial score (nSPS) is 17.9. The Hall–Kier alpha value is -3.04. The summed E-state index contributed by atoms with van der Waals surface area (Å²) in [6.45, 7) is 1.73. The van der Waals surface area contributed by atoms with Crippen LogP contribution in [0, 0.1) is 0 Å². The SMILES string of the molecule is O=C(c1ccc(NS(=O)(=O)c2cccs2)cc1)N1CCCC1c1ccc2c(c1)OCCO2. The van der Waals surface area contributed by atoms with Gasteiger partial charge in [0, 0.05) is 17.8 Å². The summed E-state index contributed by atoms with van der Waals surface area (Å²) in [6.07, 6.45) is 1.80. The summed E-state index contributed by atoms with van der Waals surface area (Å²) in [5, 5.41) is 1.71. The topological polar surface area (TPSA) is 84.9 Å². The minimum absolute atomic E-state index is 0.0321. The van der Waals surface area contributed by atoms with Gasteiger partial charge >= 0.3 is 0 Å². The maximum absolute atomic E-state index is 13.2. The zero-order valence-corrected chi connectivity index (χ0v) is 18.8. The second-order valence-electron chi connectivity index (χ2n) is 7.67. The summed E-state index contributed by atoms with van der Waals surface area (Å²) in [6, 6.07) is 15.6. The van der Waals surface area contributed by atoms with Crippen LogP contribution in [0.5, 0.6) is 11.5 Å². The molecule has 0 spiro atoms. The number of hydrogen-bond donors (Lipinski definition) is 1. The van der Waals surface area contributed by atoms with Gasteiger partial charge in [0.25, 0.3) is 15.9 Å². The van der Waals surface area contributed by atoms with Gasteiger partial charge in [0.1, 0.15) is 17.4 Å². The highest BCUT2D eigenvalue weighted by Gasteiger charge is 2.31. The van der Waals surface area contributed by atoms with Gasteiger partial charge in [0.2, 0.25) is 0 Å². The van der Waals surface area contributed by atoms with Crippen LogP contribution < -0.4 is 14.2 Å². The van der Waals surface area contributed by atoms with Gasteiger partial charge in [-0.1, -0.05) is 12.1 Å². The standard InChI is InChI=1S/C23H22N2O5S2/c26-23(16-5-8-18(9-6-16)24-32(27,28)22-4-2-14-31-22)25-11-1-3-19(25)17-7-10-20-21(15-17)30-13-12-29-20/h2,4-10,14-15,19,24H,1,3,11-13H2. The molecule has 1 amide bonds. The van der Waals surface area contributed by atoms with E-state index in [0.29, 0.717) is 31.0 Å². The largest absolute Gasteiger partial charge is 0.486 e. The van der Waals surface area contributed by atoms with E-state index < -0.39 is 10.0 Å². The second-order valence-corrected chi connectivity index (χ2v) is 10.5. The number of benzene rings is 2. The van der Waals surface area contributed by atoms with Crippen molar-refractivity contribution in [2.24, 2.45) is 0 Å². The van der Waals surface area contributed by atoms with Crippen LogP contribution in [0.2, 0.25) is 0 Å². The second kappa shape index (κ2) is 8.48. The minimum Gasteiger partial charge on any atom is -0.486 e.